The zero-order chi connectivity index (χ0) is 24.1. The zero-order valence-electron chi connectivity index (χ0n) is 20.4. The summed E-state index contributed by atoms with van der Waals surface area (Å²) in [5, 5.41) is 0. The quantitative estimate of drug-likeness (QED) is 0.583. The number of nitrogens with zero attached hydrogens (tertiary/aromatic N) is 4. The SMILES string of the molecule is Cc1ccc(C(C)N2CCS(=O)(=O)CC2)cc1-c1ccc2c(n1)n(C)c(=O)n2CC(C)(C)C. The third-order valence-electron chi connectivity index (χ3n) is 6.56. The maximum absolute atomic E-state index is 12.9. The number of imidazole rings is 1. The van der Waals surface area contributed by atoms with E-state index in [4.69, 9.17) is 4.98 Å². The number of benzene rings is 1. The summed E-state index contributed by atoms with van der Waals surface area (Å²) in [6.07, 6.45) is 0. The van der Waals surface area contributed by atoms with E-state index in [1.165, 1.54) is 0 Å². The summed E-state index contributed by atoms with van der Waals surface area (Å²) in [5.74, 6) is 0.432. The molecule has 1 aliphatic rings. The van der Waals surface area contributed by atoms with Gasteiger partial charge in [0.2, 0.25) is 0 Å². The molecule has 178 valence electrons. The highest BCUT2D eigenvalue weighted by Crippen LogP contribution is 2.30. The molecule has 2 aromatic heterocycles. The molecule has 1 unspecified atom stereocenters. The molecule has 1 aromatic carbocycles. The fourth-order valence-corrected chi connectivity index (χ4v) is 5.78. The summed E-state index contributed by atoms with van der Waals surface area (Å²) in [4.78, 5) is 20.0. The van der Waals surface area contributed by atoms with Crippen LogP contribution in [0, 0.1) is 12.3 Å². The minimum absolute atomic E-state index is 0.0222. The highest BCUT2D eigenvalue weighted by atomic mass is 32.2. The van der Waals surface area contributed by atoms with Crippen molar-refractivity contribution in [3.63, 3.8) is 0 Å². The van der Waals surface area contributed by atoms with Crippen LogP contribution in [0.3, 0.4) is 0 Å². The molecule has 0 N–H and O–H groups in total. The normalized spacial score (nSPS) is 18.0. The van der Waals surface area contributed by atoms with Crippen molar-refractivity contribution < 1.29 is 8.42 Å². The number of aromatic nitrogens is 3. The molecule has 0 bridgehead atoms. The van der Waals surface area contributed by atoms with Gasteiger partial charge >= 0.3 is 5.69 Å². The van der Waals surface area contributed by atoms with E-state index in [9.17, 15) is 13.2 Å². The first kappa shape index (κ1) is 23.7. The number of aryl methyl sites for hydroxylation is 2. The Morgan fingerprint density at radius 2 is 1.76 bits per heavy atom. The van der Waals surface area contributed by atoms with Gasteiger partial charge < -0.3 is 0 Å². The van der Waals surface area contributed by atoms with Gasteiger partial charge in [-0.15, -0.1) is 0 Å². The van der Waals surface area contributed by atoms with E-state index in [1.807, 2.05) is 16.7 Å². The van der Waals surface area contributed by atoms with Gasteiger partial charge in [0, 0.05) is 38.3 Å². The third kappa shape index (κ3) is 4.77. The number of fused-ring (bicyclic) bond motifs is 1. The van der Waals surface area contributed by atoms with E-state index >= 15 is 0 Å². The van der Waals surface area contributed by atoms with Crippen molar-refractivity contribution in [2.45, 2.75) is 47.2 Å². The Hall–Kier alpha value is -2.45. The van der Waals surface area contributed by atoms with Gasteiger partial charge in [-0.3, -0.25) is 14.0 Å². The molecule has 3 heterocycles. The van der Waals surface area contributed by atoms with Crippen LogP contribution in [0.25, 0.3) is 22.4 Å². The second-order valence-electron chi connectivity index (χ2n) is 10.5. The molecule has 1 atom stereocenters. The molecule has 1 fully saturated rings. The molecule has 8 heteroatoms. The lowest BCUT2D eigenvalue weighted by Crippen LogP contribution is -2.41. The van der Waals surface area contributed by atoms with Gasteiger partial charge in [-0.05, 0) is 48.6 Å². The summed E-state index contributed by atoms with van der Waals surface area (Å²) in [6.45, 7) is 12.3. The first-order valence-electron chi connectivity index (χ1n) is 11.5. The van der Waals surface area contributed by atoms with Crippen LogP contribution in [0.1, 0.15) is 44.9 Å². The summed E-state index contributed by atoms with van der Waals surface area (Å²) in [5.41, 5.74) is 5.56. The van der Waals surface area contributed by atoms with Gasteiger partial charge in [-0.1, -0.05) is 32.9 Å². The molecule has 0 radical (unpaired) electrons. The van der Waals surface area contributed by atoms with Crippen LogP contribution in [0.4, 0.5) is 0 Å². The van der Waals surface area contributed by atoms with E-state index < -0.39 is 9.84 Å². The average Bonchev–Trinajstić information content (AvgIpc) is 2.97. The lowest BCUT2D eigenvalue weighted by Gasteiger charge is -2.32. The predicted molar refractivity (Wildman–Crippen MR) is 133 cm³/mol. The molecule has 7 nitrogen and oxygen atoms in total. The van der Waals surface area contributed by atoms with Crippen LogP contribution in [0.2, 0.25) is 0 Å². The Morgan fingerprint density at radius 1 is 1.09 bits per heavy atom. The summed E-state index contributed by atoms with van der Waals surface area (Å²) in [6, 6.07) is 10.5. The van der Waals surface area contributed by atoms with E-state index in [2.05, 4.69) is 57.7 Å². The second kappa shape index (κ2) is 8.40. The van der Waals surface area contributed by atoms with Gasteiger partial charge in [0.1, 0.15) is 0 Å². The van der Waals surface area contributed by atoms with E-state index in [0.29, 0.717) is 25.3 Å². The van der Waals surface area contributed by atoms with Gasteiger partial charge in [0.25, 0.3) is 0 Å². The van der Waals surface area contributed by atoms with E-state index in [1.54, 1.807) is 11.6 Å². The van der Waals surface area contributed by atoms with Crippen molar-refractivity contribution in [1.29, 1.82) is 0 Å². The Bertz CT molecular complexity index is 1350. The number of pyridine rings is 1. The minimum atomic E-state index is -2.91. The summed E-state index contributed by atoms with van der Waals surface area (Å²) >= 11 is 0. The summed E-state index contributed by atoms with van der Waals surface area (Å²) in [7, 11) is -1.13. The monoisotopic (exact) mass is 470 g/mol. The van der Waals surface area contributed by atoms with E-state index in [0.717, 1.165) is 27.9 Å². The third-order valence-corrected chi connectivity index (χ3v) is 8.17. The lowest BCUT2D eigenvalue weighted by molar-refractivity contribution is 0.229. The first-order valence-corrected chi connectivity index (χ1v) is 13.3. The van der Waals surface area contributed by atoms with Crippen molar-refractivity contribution in [2.75, 3.05) is 24.6 Å². The minimum Gasteiger partial charge on any atom is -0.295 e. The molecule has 33 heavy (non-hydrogen) atoms. The fraction of sp³-hybridized carbons (Fsp3) is 0.520. The topological polar surface area (TPSA) is 77.2 Å². The zero-order valence-corrected chi connectivity index (χ0v) is 21.2. The number of sulfone groups is 1. The van der Waals surface area contributed by atoms with E-state index in [-0.39, 0.29) is 28.7 Å². The van der Waals surface area contributed by atoms with Crippen LogP contribution in [-0.2, 0) is 23.4 Å². The largest absolute Gasteiger partial charge is 0.330 e. The fourth-order valence-electron chi connectivity index (χ4n) is 4.55. The molecule has 0 aliphatic carbocycles. The standard InChI is InChI=1S/C25H34N4O3S/c1-17-7-8-19(18(2)28-11-13-33(31,32)14-12-28)15-20(17)21-9-10-22-23(26-21)27(6)24(30)29(22)16-25(3,4)5/h7-10,15,18H,11-14,16H2,1-6H3. The van der Waals surface area contributed by atoms with Crippen LogP contribution >= 0.6 is 0 Å². The van der Waals surface area contributed by atoms with Crippen molar-refractivity contribution in [1.82, 2.24) is 19.0 Å². The Kier molecular flexibility index (Phi) is 6.03. The molecule has 1 aliphatic heterocycles. The van der Waals surface area contributed by atoms with Gasteiger partial charge in [-0.2, -0.15) is 0 Å². The highest BCUT2D eigenvalue weighted by molar-refractivity contribution is 7.91. The van der Waals surface area contributed by atoms with Crippen LogP contribution in [0.15, 0.2) is 35.1 Å². The lowest BCUT2D eigenvalue weighted by atomic mass is 9.97. The smallest absolute Gasteiger partial charge is 0.295 e. The second-order valence-corrected chi connectivity index (χ2v) is 12.8. The van der Waals surface area contributed by atoms with Crippen LogP contribution < -0.4 is 5.69 Å². The van der Waals surface area contributed by atoms with Crippen LogP contribution in [-0.4, -0.2) is 52.0 Å². The highest BCUT2D eigenvalue weighted by Gasteiger charge is 2.26. The van der Waals surface area contributed by atoms with Gasteiger partial charge in [-0.25, -0.2) is 18.2 Å². The Morgan fingerprint density at radius 3 is 2.39 bits per heavy atom. The van der Waals surface area contributed by atoms with Gasteiger partial charge in [0.15, 0.2) is 15.5 Å². The molecule has 4 rings (SSSR count). The predicted octanol–water partition coefficient (Wildman–Crippen LogP) is 3.55. The molecule has 0 saturated carbocycles. The van der Waals surface area contributed by atoms with Crippen molar-refractivity contribution in [3.05, 3.63) is 51.9 Å². The molecule has 3 aromatic rings. The van der Waals surface area contributed by atoms with Crippen LogP contribution in [0.5, 0.6) is 0 Å². The first-order chi connectivity index (χ1) is 15.4. The molecule has 0 spiro atoms. The maximum Gasteiger partial charge on any atom is 0.330 e. The molecule has 0 amide bonds. The molecule has 1 saturated heterocycles. The maximum atomic E-state index is 12.9. The number of hydrogen-bond acceptors (Lipinski definition) is 5. The Balaban J connectivity index is 1.71. The van der Waals surface area contributed by atoms with Crippen molar-refractivity contribution in [2.24, 2.45) is 12.5 Å². The number of rotatable bonds is 4. The van der Waals surface area contributed by atoms with Crippen molar-refractivity contribution in [3.8, 4) is 11.3 Å². The molecular weight excluding hydrogens is 436 g/mol. The van der Waals surface area contributed by atoms with Gasteiger partial charge in [0.05, 0.1) is 22.7 Å². The average molecular weight is 471 g/mol. The summed E-state index contributed by atoms with van der Waals surface area (Å²) < 4.78 is 27.1. The number of hydrogen-bond donors (Lipinski definition) is 0. The Labute approximate surface area is 196 Å². The van der Waals surface area contributed by atoms with Crippen molar-refractivity contribution >= 4 is 21.0 Å². The molecular formula is C25H34N4O3S.